The van der Waals surface area contributed by atoms with Gasteiger partial charge in [-0.2, -0.15) is 0 Å². The summed E-state index contributed by atoms with van der Waals surface area (Å²) >= 11 is 0. The van der Waals surface area contributed by atoms with Crippen molar-refractivity contribution >= 4 is 34.9 Å². The zero-order chi connectivity index (χ0) is 26.0. The smallest absolute Gasteiger partial charge is 0.325 e. The average molecular weight is 492 g/mol. The Morgan fingerprint density at radius 3 is 2.53 bits per heavy atom. The number of carbonyl (C=O) groups is 2. The highest BCUT2D eigenvalue weighted by molar-refractivity contribution is 6.22. The Bertz CT molecular complexity index is 1290. The second-order valence-corrected chi connectivity index (χ2v) is 9.73. The van der Waals surface area contributed by atoms with Crippen molar-refractivity contribution in [3.05, 3.63) is 53.7 Å². The van der Waals surface area contributed by atoms with Gasteiger partial charge >= 0.3 is 6.03 Å². The first-order chi connectivity index (χ1) is 17.2. The Kier molecular flexibility index (Phi) is 7.19. The number of phenolic OH excluding ortho intramolecular Hbond substituents is 2. The molecule has 0 bridgehead atoms. The molecular weight excluding hydrogens is 458 g/mol. The first kappa shape index (κ1) is 25.1. The maximum Gasteiger partial charge on any atom is 0.325 e. The summed E-state index contributed by atoms with van der Waals surface area (Å²) in [6, 6.07) is 9.26. The molecule has 5 N–H and O–H groups in total. The van der Waals surface area contributed by atoms with E-state index in [1.165, 1.54) is 12.1 Å². The van der Waals surface area contributed by atoms with Crippen LogP contribution in [0.25, 0.3) is 10.9 Å². The number of benzene rings is 2. The molecule has 9 nitrogen and oxygen atoms in total. The fraction of sp³-hybridized carbons (Fsp3) is 0.370. The molecule has 4 rings (SSSR count). The van der Waals surface area contributed by atoms with Gasteiger partial charge in [0.15, 0.2) is 0 Å². The predicted octanol–water partition coefficient (Wildman–Crippen LogP) is 4.35. The number of aryl methyl sites for hydroxylation is 1. The molecule has 2 aromatic carbocycles. The number of phenols is 2. The summed E-state index contributed by atoms with van der Waals surface area (Å²) in [5, 5.41) is 30.1. The van der Waals surface area contributed by atoms with E-state index in [1.54, 1.807) is 12.1 Å². The van der Waals surface area contributed by atoms with Gasteiger partial charge in [-0.3, -0.25) is 10.2 Å². The standard InChI is InChI=1S/C27H33N5O4/c1-17(2)21-14-22(25(35)15-24(21)34)26(28)32(27(29)36)20-3-4-23-19(13-20)8-12-31(23)11-7-18-5-9-30(16-33)10-6-18/h3-4,8,12-18,28,34-35H,5-7,9-11H2,1-2H3,(H2,29,36). The van der Waals surface area contributed by atoms with Crippen molar-refractivity contribution in [3.8, 4) is 11.5 Å². The van der Waals surface area contributed by atoms with Crippen molar-refractivity contribution in [1.29, 1.82) is 5.41 Å². The molecule has 9 heteroatoms. The van der Waals surface area contributed by atoms with Crippen LogP contribution in [-0.2, 0) is 11.3 Å². The Hall–Kier alpha value is -4.01. The van der Waals surface area contributed by atoms with Crippen molar-refractivity contribution in [2.75, 3.05) is 18.0 Å². The van der Waals surface area contributed by atoms with Gasteiger partial charge in [-0.25, -0.2) is 9.69 Å². The van der Waals surface area contributed by atoms with Crippen molar-refractivity contribution in [3.63, 3.8) is 0 Å². The maximum atomic E-state index is 12.4. The molecule has 1 aromatic heterocycles. The van der Waals surface area contributed by atoms with E-state index in [0.29, 0.717) is 17.2 Å². The lowest BCUT2D eigenvalue weighted by atomic mass is 9.94. The zero-order valence-corrected chi connectivity index (χ0v) is 20.6. The summed E-state index contributed by atoms with van der Waals surface area (Å²) in [5.41, 5.74) is 7.75. The van der Waals surface area contributed by atoms with Gasteiger partial charge in [0, 0.05) is 42.8 Å². The minimum Gasteiger partial charge on any atom is -0.508 e. The number of urea groups is 1. The summed E-state index contributed by atoms with van der Waals surface area (Å²) in [6.45, 7) is 6.25. The number of nitrogens with two attached hydrogens (primary N) is 1. The van der Waals surface area contributed by atoms with E-state index in [0.717, 1.165) is 61.1 Å². The molecule has 2 heterocycles. The van der Waals surface area contributed by atoms with Crippen LogP contribution in [0.2, 0.25) is 0 Å². The molecule has 0 aliphatic carbocycles. The number of hydrogen-bond donors (Lipinski definition) is 4. The summed E-state index contributed by atoms with van der Waals surface area (Å²) in [6.07, 6.45) is 5.99. The van der Waals surface area contributed by atoms with Crippen LogP contribution in [0.1, 0.15) is 50.2 Å². The number of carbonyl (C=O) groups excluding carboxylic acids is 2. The van der Waals surface area contributed by atoms with Crippen molar-refractivity contribution < 1.29 is 19.8 Å². The van der Waals surface area contributed by atoms with Gasteiger partial charge in [0.25, 0.3) is 0 Å². The molecular formula is C27H33N5O4. The van der Waals surface area contributed by atoms with Crippen LogP contribution in [0.5, 0.6) is 11.5 Å². The summed E-state index contributed by atoms with van der Waals surface area (Å²) < 4.78 is 2.17. The van der Waals surface area contributed by atoms with E-state index in [-0.39, 0.29) is 28.8 Å². The lowest BCUT2D eigenvalue weighted by molar-refractivity contribution is -0.119. The maximum absolute atomic E-state index is 12.4. The molecule has 0 unspecified atom stereocenters. The summed E-state index contributed by atoms with van der Waals surface area (Å²) in [4.78, 5) is 26.2. The molecule has 0 atom stereocenters. The fourth-order valence-electron chi connectivity index (χ4n) is 4.92. The Labute approximate surface area is 210 Å². The van der Waals surface area contributed by atoms with Crippen molar-refractivity contribution in [2.45, 2.75) is 45.6 Å². The molecule has 1 aliphatic heterocycles. The molecule has 1 aliphatic rings. The second kappa shape index (κ2) is 10.3. The van der Waals surface area contributed by atoms with E-state index >= 15 is 0 Å². The summed E-state index contributed by atoms with van der Waals surface area (Å²) in [7, 11) is 0. The summed E-state index contributed by atoms with van der Waals surface area (Å²) in [5.74, 6) is -0.117. The van der Waals surface area contributed by atoms with Gasteiger partial charge in [-0.05, 0) is 67.0 Å². The number of rotatable bonds is 7. The number of amidine groups is 1. The number of fused-ring (bicyclic) bond motifs is 1. The van der Waals surface area contributed by atoms with Crippen LogP contribution in [0.15, 0.2) is 42.6 Å². The number of aromatic hydroxyl groups is 2. The van der Waals surface area contributed by atoms with E-state index < -0.39 is 6.03 Å². The molecule has 36 heavy (non-hydrogen) atoms. The third kappa shape index (κ3) is 5.00. The fourth-order valence-corrected chi connectivity index (χ4v) is 4.92. The lowest BCUT2D eigenvalue weighted by Gasteiger charge is -2.29. The Morgan fingerprint density at radius 1 is 1.17 bits per heavy atom. The number of hydrogen-bond acceptors (Lipinski definition) is 5. The normalized spacial score (nSPS) is 14.4. The van der Waals surface area contributed by atoms with E-state index in [4.69, 9.17) is 11.1 Å². The van der Waals surface area contributed by atoms with Crippen molar-refractivity contribution in [1.82, 2.24) is 9.47 Å². The molecule has 0 saturated carbocycles. The molecule has 190 valence electrons. The molecule has 3 aromatic rings. The van der Waals surface area contributed by atoms with Crippen LogP contribution in [0, 0.1) is 11.3 Å². The van der Waals surface area contributed by atoms with Gasteiger partial charge in [-0.15, -0.1) is 0 Å². The third-order valence-corrected chi connectivity index (χ3v) is 7.06. The second-order valence-electron chi connectivity index (χ2n) is 9.73. The molecule has 0 spiro atoms. The number of amides is 3. The van der Waals surface area contributed by atoms with Crippen LogP contribution in [-0.4, -0.2) is 51.0 Å². The van der Waals surface area contributed by atoms with E-state index in [9.17, 15) is 19.8 Å². The van der Waals surface area contributed by atoms with Crippen LogP contribution in [0.4, 0.5) is 10.5 Å². The van der Waals surface area contributed by atoms with Gasteiger partial charge in [0.1, 0.15) is 17.3 Å². The largest absolute Gasteiger partial charge is 0.508 e. The highest BCUT2D eigenvalue weighted by atomic mass is 16.3. The molecule has 1 saturated heterocycles. The van der Waals surface area contributed by atoms with Gasteiger partial charge in [0.2, 0.25) is 6.41 Å². The lowest BCUT2D eigenvalue weighted by Crippen LogP contribution is -2.41. The zero-order valence-electron chi connectivity index (χ0n) is 20.6. The van der Waals surface area contributed by atoms with E-state index in [1.807, 2.05) is 37.1 Å². The highest BCUT2D eigenvalue weighted by Crippen LogP contribution is 2.34. The topological polar surface area (TPSA) is 136 Å². The number of primary amides is 1. The molecule has 0 radical (unpaired) electrons. The number of nitrogens with zero attached hydrogens (tertiary/aromatic N) is 3. The van der Waals surface area contributed by atoms with Crippen LogP contribution < -0.4 is 10.6 Å². The van der Waals surface area contributed by atoms with Crippen LogP contribution >= 0.6 is 0 Å². The number of nitrogens with one attached hydrogen (secondary N) is 1. The van der Waals surface area contributed by atoms with Gasteiger partial charge < -0.3 is 25.4 Å². The average Bonchev–Trinajstić information content (AvgIpc) is 3.25. The first-order valence-corrected chi connectivity index (χ1v) is 12.2. The van der Waals surface area contributed by atoms with Crippen molar-refractivity contribution in [2.24, 2.45) is 11.7 Å². The number of aromatic nitrogens is 1. The Balaban J connectivity index is 1.56. The minimum absolute atomic E-state index is 0.0483. The SMILES string of the molecule is CC(C)c1cc(C(=N)N(C(N)=O)c2ccc3c(ccn3CCC3CCN(C=O)CC3)c2)c(O)cc1O. The number of piperidine rings is 1. The highest BCUT2D eigenvalue weighted by Gasteiger charge is 2.24. The monoisotopic (exact) mass is 491 g/mol. The first-order valence-electron chi connectivity index (χ1n) is 12.2. The molecule has 1 fully saturated rings. The minimum atomic E-state index is -0.848. The quantitative estimate of drug-likeness (QED) is 0.222. The number of likely N-dealkylation sites (tertiary alicyclic amines) is 1. The number of anilines is 1. The van der Waals surface area contributed by atoms with Gasteiger partial charge in [-0.1, -0.05) is 13.8 Å². The van der Waals surface area contributed by atoms with Gasteiger partial charge in [0.05, 0.1) is 11.3 Å². The third-order valence-electron chi connectivity index (χ3n) is 7.06. The van der Waals surface area contributed by atoms with E-state index in [2.05, 4.69) is 4.57 Å². The Morgan fingerprint density at radius 2 is 1.89 bits per heavy atom. The molecule has 3 amide bonds. The van der Waals surface area contributed by atoms with Crippen LogP contribution in [0.3, 0.4) is 0 Å². The predicted molar refractivity (Wildman–Crippen MR) is 140 cm³/mol.